The number of hydrogen-bond donors (Lipinski definition) is 1. The lowest BCUT2D eigenvalue weighted by Crippen LogP contribution is -2.11. The topological polar surface area (TPSA) is 59.3 Å². The zero-order chi connectivity index (χ0) is 15.9. The van der Waals surface area contributed by atoms with E-state index in [4.69, 9.17) is 0 Å². The van der Waals surface area contributed by atoms with Crippen LogP contribution in [-0.4, -0.2) is 17.5 Å². The van der Waals surface area contributed by atoms with E-state index in [0.29, 0.717) is 5.52 Å². The molecule has 1 atom stereocenters. The van der Waals surface area contributed by atoms with Gasteiger partial charge in [0.15, 0.2) is 0 Å². The van der Waals surface area contributed by atoms with Crippen molar-refractivity contribution in [2.24, 2.45) is 0 Å². The van der Waals surface area contributed by atoms with Crippen molar-refractivity contribution in [3.63, 3.8) is 0 Å². The van der Waals surface area contributed by atoms with Crippen LogP contribution in [0.2, 0.25) is 0 Å². The molecule has 5 heteroatoms. The minimum atomic E-state index is -3.62. The normalized spacial score (nSPS) is 13.4. The average molecular weight is 315 g/mol. The van der Waals surface area contributed by atoms with Crippen molar-refractivity contribution in [2.75, 3.05) is 0 Å². The summed E-state index contributed by atoms with van der Waals surface area (Å²) in [4.78, 5) is 0.259. The minimum Gasteiger partial charge on any atom is -0.389 e. The van der Waals surface area contributed by atoms with Crippen LogP contribution >= 0.6 is 0 Å². The number of aromatic nitrogens is 1. The highest BCUT2D eigenvalue weighted by atomic mass is 32.2. The number of aliphatic hydroxyl groups excluding tert-OH is 1. The number of aliphatic hydroxyl groups is 1. The van der Waals surface area contributed by atoms with E-state index in [9.17, 15) is 13.5 Å². The molecule has 3 aromatic rings. The Kier molecular flexibility index (Phi) is 3.54. The molecule has 1 aromatic heterocycles. The van der Waals surface area contributed by atoms with Gasteiger partial charge in [0.2, 0.25) is 0 Å². The van der Waals surface area contributed by atoms with Gasteiger partial charge in [-0.05, 0) is 49.7 Å². The van der Waals surface area contributed by atoms with Gasteiger partial charge in [0, 0.05) is 11.6 Å². The van der Waals surface area contributed by atoms with Crippen molar-refractivity contribution in [1.29, 1.82) is 0 Å². The standard InChI is InChI=1S/C17H17NO3S/c1-12-3-6-16(7-4-12)22(20,21)18-10-9-15-11-14(13(2)19)5-8-17(15)18/h3-11,13,19H,1-2H3. The summed E-state index contributed by atoms with van der Waals surface area (Å²) < 4.78 is 26.8. The molecule has 3 rings (SSSR count). The molecular formula is C17H17NO3S. The molecule has 22 heavy (non-hydrogen) atoms. The lowest BCUT2D eigenvalue weighted by Gasteiger charge is -2.09. The molecule has 1 N–H and O–H groups in total. The summed E-state index contributed by atoms with van der Waals surface area (Å²) in [6, 6.07) is 13.8. The number of hydrogen-bond acceptors (Lipinski definition) is 3. The monoisotopic (exact) mass is 315 g/mol. The summed E-state index contributed by atoms with van der Waals surface area (Å²) in [5.74, 6) is 0. The van der Waals surface area contributed by atoms with E-state index >= 15 is 0 Å². The van der Waals surface area contributed by atoms with Crippen LogP contribution in [0.3, 0.4) is 0 Å². The largest absolute Gasteiger partial charge is 0.389 e. The fourth-order valence-corrected chi connectivity index (χ4v) is 3.78. The van der Waals surface area contributed by atoms with Crippen LogP contribution in [-0.2, 0) is 10.0 Å². The Hall–Kier alpha value is -2.11. The van der Waals surface area contributed by atoms with Gasteiger partial charge in [-0.3, -0.25) is 0 Å². The van der Waals surface area contributed by atoms with Gasteiger partial charge in [0.1, 0.15) is 0 Å². The molecule has 0 saturated heterocycles. The van der Waals surface area contributed by atoms with Gasteiger partial charge in [-0.25, -0.2) is 12.4 Å². The maximum absolute atomic E-state index is 12.8. The van der Waals surface area contributed by atoms with E-state index in [1.165, 1.54) is 3.97 Å². The molecule has 0 amide bonds. The Bertz CT molecular complexity index is 922. The van der Waals surface area contributed by atoms with Gasteiger partial charge in [0.25, 0.3) is 10.0 Å². The maximum Gasteiger partial charge on any atom is 0.268 e. The molecule has 2 aromatic carbocycles. The van der Waals surface area contributed by atoms with Crippen molar-refractivity contribution in [3.8, 4) is 0 Å². The van der Waals surface area contributed by atoms with Crippen LogP contribution in [0.4, 0.5) is 0 Å². The first kappa shape index (κ1) is 14.8. The second-order valence-electron chi connectivity index (χ2n) is 5.42. The summed E-state index contributed by atoms with van der Waals surface area (Å²) in [5, 5.41) is 10.4. The first-order chi connectivity index (χ1) is 10.4. The predicted molar refractivity (Wildman–Crippen MR) is 86.3 cm³/mol. The van der Waals surface area contributed by atoms with Crippen molar-refractivity contribution in [1.82, 2.24) is 3.97 Å². The number of rotatable bonds is 3. The van der Waals surface area contributed by atoms with Crippen molar-refractivity contribution in [3.05, 3.63) is 65.9 Å². The van der Waals surface area contributed by atoms with Gasteiger partial charge in [-0.1, -0.05) is 23.8 Å². The number of aryl methyl sites for hydroxylation is 1. The van der Waals surface area contributed by atoms with Crippen LogP contribution in [0.1, 0.15) is 24.2 Å². The highest BCUT2D eigenvalue weighted by Gasteiger charge is 2.18. The third-order valence-electron chi connectivity index (χ3n) is 3.74. The van der Waals surface area contributed by atoms with E-state index in [0.717, 1.165) is 16.5 Å². The Morgan fingerprint density at radius 1 is 1.05 bits per heavy atom. The second kappa shape index (κ2) is 5.26. The zero-order valence-corrected chi connectivity index (χ0v) is 13.2. The summed E-state index contributed by atoms with van der Waals surface area (Å²) in [6.45, 7) is 3.60. The first-order valence-electron chi connectivity index (χ1n) is 7.01. The summed E-state index contributed by atoms with van der Waals surface area (Å²) in [5.41, 5.74) is 2.38. The molecule has 0 spiro atoms. The lowest BCUT2D eigenvalue weighted by molar-refractivity contribution is 0.199. The Labute approximate surface area is 129 Å². The van der Waals surface area contributed by atoms with Gasteiger partial charge in [0.05, 0.1) is 16.5 Å². The van der Waals surface area contributed by atoms with Crippen molar-refractivity contribution in [2.45, 2.75) is 24.8 Å². The van der Waals surface area contributed by atoms with Gasteiger partial charge < -0.3 is 5.11 Å². The van der Waals surface area contributed by atoms with E-state index < -0.39 is 16.1 Å². The van der Waals surface area contributed by atoms with Gasteiger partial charge in [-0.2, -0.15) is 0 Å². The van der Waals surface area contributed by atoms with Crippen molar-refractivity contribution < 1.29 is 13.5 Å². The number of benzene rings is 2. The molecule has 114 valence electrons. The second-order valence-corrected chi connectivity index (χ2v) is 7.24. The quantitative estimate of drug-likeness (QED) is 0.807. The first-order valence-corrected chi connectivity index (χ1v) is 8.45. The highest BCUT2D eigenvalue weighted by molar-refractivity contribution is 7.90. The Balaban J connectivity index is 2.15. The molecule has 0 radical (unpaired) electrons. The van der Waals surface area contributed by atoms with Crippen LogP contribution in [0.25, 0.3) is 10.9 Å². The third kappa shape index (κ3) is 2.42. The van der Waals surface area contributed by atoms with E-state index in [-0.39, 0.29) is 4.90 Å². The smallest absolute Gasteiger partial charge is 0.268 e. The Morgan fingerprint density at radius 3 is 2.36 bits per heavy atom. The van der Waals surface area contributed by atoms with Crippen LogP contribution < -0.4 is 0 Å². The molecule has 1 unspecified atom stereocenters. The van der Waals surface area contributed by atoms with Crippen LogP contribution in [0.5, 0.6) is 0 Å². The summed E-state index contributed by atoms with van der Waals surface area (Å²) in [7, 11) is -3.62. The Morgan fingerprint density at radius 2 is 1.73 bits per heavy atom. The lowest BCUT2D eigenvalue weighted by atomic mass is 10.1. The minimum absolute atomic E-state index is 0.259. The van der Waals surface area contributed by atoms with Crippen LogP contribution in [0.15, 0.2) is 59.6 Å². The molecule has 0 aliphatic heterocycles. The molecule has 0 aliphatic rings. The van der Waals surface area contributed by atoms with Crippen molar-refractivity contribution >= 4 is 20.9 Å². The average Bonchev–Trinajstić information content (AvgIpc) is 2.91. The third-order valence-corrected chi connectivity index (χ3v) is 5.44. The van der Waals surface area contributed by atoms with Crippen LogP contribution in [0, 0.1) is 6.92 Å². The maximum atomic E-state index is 12.8. The molecule has 1 heterocycles. The SMILES string of the molecule is Cc1ccc(S(=O)(=O)n2ccc3cc(C(C)O)ccc32)cc1. The summed E-state index contributed by atoms with van der Waals surface area (Å²) in [6.07, 6.45) is 0.965. The van der Waals surface area contributed by atoms with Gasteiger partial charge >= 0.3 is 0 Å². The number of fused-ring (bicyclic) bond motifs is 1. The molecule has 0 bridgehead atoms. The summed E-state index contributed by atoms with van der Waals surface area (Å²) >= 11 is 0. The zero-order valence-electron chi connectivity index (χ0n) is 12.4. The highest BCUT2D eigenvalue weighted by Crippen LogP contribution is 2.25. The molecular weight excluding hydrogens is 298 g/mol. The van der Waals surface area contributed by atoms with E-state index in [1.807, 2.05) is 6.92 Å². The predicted octanol–water partition coefficient (Wildman–Crippen LogP) is 3.24. The molecule has 0 fully saturated rings. The number of nitrogens with zero attached hydrogens (tertiary/aromatic N) is 1. The molecule has 0 aliphatic carbocycles. The fraction of sp³-hybridized carbons (Fsp3) is 0.176. The molecule has 4 nitrogen and oxygen atoms in total. The molecule has 0 saturated carbocycles. The van der Waals surface area contributed by atoms with Gasteiger partial charge in [-0.15, -0.1) is 0 Å². The fourth-order valence-electron chi connectivity index (χ4n) is 2.43. The van der Waals surface area contributed by atoms with E-state index in [1.54, 1.807) is 61.7 Å². The van der Waals surface area contributed by atoms with E-state index in [2.05, 4.69) is 0 Å².